The molecule has 1 aromatic rings. The highest BCUT2D eigenvalue weighted by Crippen LogP contribution is 2.34. The number of ketones is 1. The van der Waals surface area contributed by atoms with Crippen molar-refractivity contribution < 1.29 is 17.9 Å². The van der Waals surface area contributed by atoms with Crippen LogP contribution in [0.5, 0.6) is 0 Å². The molecule has 1 aromatic carbocycles. The van der Waals surface area contributed by atoms with Gasteiger partial charge in [0.2, 0.25) is 0 Å². The molecule has 1 saturated heterocycles. The van der Waals surface area contributed by atoms with Gasteiger partial charge in [-0.1, -0.05) is 30.4 Å². The number of carbonyl (C=O) groups excluding carboxylic acids is 1. The second-order valence-corrected chi connectivity index (χ2v) is 8.56. The van der Waals surface area contributed by atoms with E-state index in [0.717, 1.165) is 31.2 Å². The molecule has 24 heavy (non-hydrogen) atoms. The maximum absolute atomic E-state index is 12.3. The Morgan fingerprint density at radius 1 is 1.17 bits per heavy atom. The minimum absolute atomic E-state index is 0.0770. The van der Waals surface area contributed by atoms with Crippen LogP contribution in [0.4, 0.5) is 0 Å². The van der Waals surface area contributed by atoms with Gasteiger partial charge in [-0.2, -0.15) is 0 Å². The second kappa shape index (κ2) is 7.03. The number of hydrogen-bond acceptors (Lipinski definition) is 4. The van der Waals surface area contributed by atoms with Gasteiger partial charge in [0.1, 0.15) is 0 Å². The molecule has 2 fully saturated rings. The Morgan fingerprint density at radius 3 is 2.33 bits per heavy atom. The topological polar surface area (TPSA) is 60.4 Å². The van der Waals surface area contributed by atoms with E-state index in [1.165, 1.54) is 11.6 Å². The number of carbonyl (C=O) groups is 1. The van der Waals surface area contributed by atoms with Gasteiger partial charge in [-0.3, -0.25) is 4.79 Å². The maximum Gasteiger partial charge on any atom is 0.181 e. The van der Waals surface area contributed by atoms with E-state index < -0.39 is 15.8 Å². The van der Waals surface area contributed by atoms with Crippen LogP contribution < -0.4 is 0 Å². The molecule has 5 heteroatoms. The molecule has 1 heterocycles. The van der Waals surface area contributed by atoms with Crippen molar-refractivity contribution in [1.82, 2.24) is 0 Å². The van der Waals surface area contributed by atoms with E-state index in [9.17, 15) is 13.2 Å². The lowest BCUT2D eigenvalue weighted by molar-refractivity contribution is -0.115. The molecule has 1 unspecified atom stereocenters. The predicted octanol–water partition coefficient (Wildman–Crippen LogP) is 3.20. The molecule has 128 valence electrons. The zero-order chi connectivity index (χ0) is 17.2. The molecule has 0 amide bonds. The molecule has 1 aliphatic carbocycles. The van der Waals surface area contributed by atoms with Crippen molar-refractivity contribution in [3.8, 4) is 0 Å². The summed E-state index contributed by atoms with van der Waals surface area (Å²) >= 11 is 0. The highest BCUT2D eigenvalue weighted by Gasteiger charge is 2.36. The summed E-state index contributed by atoms with van der Waals surface area (Å²) in [5.74, 6) is -0.486. The molecule has 3 rings (SSSR count). The number of hydrogen-bond donors (Lipinski definition) is 0. The molecule has 1 saturated carbocycles. The van der Waals surface area contributed by atoms with E-state index in [1.54, 1.807) is 24.3 Å². The minimum atomic E-state index is -3.20. The van der Waals surface area contributed by atoms with Crippen LogP contribution in [0.3, 0.4) is 0 Å². The van der Waals surface area contributed by atoms with Crippen molar-refractivity contribution in [1.29, 1.82) is 0 Å². The van der Waals surface area contributed by atoms with Gasteiger partial charge in [-0.05, 0) is 49.5 Å². The first-order valence-electron chi connectivity index (χ1n) is 8.30. The van der Waals surface area contributed by atoms with E-state index >= 15 is 0 Å². The zero-order valence-electron chi connectivity index (χ0n) is 13.6. The molecular weight excluding hydrogens is 324 g/mol. The lowest BCUT2D eigenvalue weighted by Gasteiger charge is -2.18. The van der Waals surface area contributed by atoms with Crippen molar-refractivity contribution in [3.05, 3.63) is 54.1 Å². The van der Waals surface area contributed by atoms with E-state index in [4.69, 9.17) is 4.74 Å². The van der Waals surface area contributed by atoms with E-state index in [1.807, 2.05) is 6.08 Å². The summed E-state index contributed by atoms with van der Waals surface area (Å²) in [6.07, 6.45) is 6.46. The molecule has 1 atom stereocenters. The third kappa shape index (κ3) is 3.68. The molecule has 2 aliphatic rings. The van der Waals surface area contributed by atoms with Crippen molar-refractivity contribution in [2.75, 3.05) is 13.2 Å². The first-order chi connectivity index (χ1) is 11.5. The van der Waals surface area contributed by atoms with Crippen LogP contribution in [-0.2, 0) is 19.4 Å². The Balaban J connectivity index is 1.87. The Bertz CT molecular complexity index is 747. The first-order valence-corrected chi connectivity index (χ1v) is 9.84. The fourth-order valence-corrected chi connectivity index (χ4v) is 4.60. The van der Waals surface area contributed by atoms with Crippen LogP contribution in [0.15, 0.2) is 53.5 Å². The van der Waals surface area contributed by atoms with Crippen molar-refractivity contribution in [2.45, 2.75) is 41.7 Å². The van der Waals surface area contributed by atoms with E-state index in [0.29, 0.717) is 18.1 Å². The SMILES string of the molecule is C=CC(=O)C(C=C1CCOCC1)c1ccc(S(=O)(=O)C2CC2)cc1. The Labute approximate surface area is 143 Å². The zero-order valence-corrected chi connectivity index (χ0v) is 14.4. The molecule has 0 radical (unpaired) electrons. The van der Waals surface area contributed by atoms with Gasteiger partial charge in [0.25, 0.3) is 0 Å². The second-order valence-electron chi connectivity index (χ2n) is 6.33. The number of benzene rings is 1. The van der Waals surface area contributed by atoms with Gasteiger partial charge in [-0.15, -0.1) is 0 Å². The molecule has 0 aromatic heterocycles. The normalized spacial score (nSPS) is 19.6. The molecule has 0 N–H and O–H groups in total. The summed E-state index contributed by atoms with van der Waals surface area (Å²) in [6, 6.07) is 6.74. The first kappa shape index (κ1) is 17.1. The lowest BCUT2D eigenvalue weighted by atomic mass is 9.90. The third-order valence-corrected chi connectivity index (χ3v) is 6.85. The van der Waals surface area contributed by atoms with Crippen LogP contribution in [0.1, 0.15) is 37.2 Å². The quantitative estimate of drug-likeness (QED) is 0.586. The van der Waals surface area contributed by atoms with Gasteiger partial charge < -0.3 is 4.74 Å². The Hall–Kier alpha value is -1.72. The molecular formula is C19H22O4S. The van der Waals surface area contributed by atoms with Gasteiger partial charge in [0, 0.05) is 0 Å². The molecule has 0 spiro atoms. The summed E-state index contributed by atoms with van der Waals surface area (Å²) < 4.78 is 29.9. The molecule has 1 aliphatic heterocycles. The maximum atomic E-state index is 12.3. The highest BCUT2D eigenvalue weighted by molar-refractivity contribution is 7.92. The lowest BCUT2D eigenvalue weighted by Crippen LogP contribution is -2.13. The van der Waals surface area contributed by atoms with Crippen LogP contribution in [0.25, 0.3) is 0 Å². The van der Waals surface area contributed by atoms with Crippen molar-refractivity contribution in [2.24, 2.45) is 0 Å². The van der Waals surface area contributed by atoms with Crippen LogP contribution in [0, 0.1) is 0 Å². The number of rotatable bonds is 6. The third-order valence-electron chi connectivity index (χ3n) is 4.58. The van der Waals surface area contributed by atoms with E-state index in [-0.39, 0.29) is 11.0 Å². The fraction of sp³-hybridized carbons (Fsp3) is 0.421. The summed E-state index contributed by atoms with van der Waals surface area (Å²) in [5.41, 5.74) is 2.00. The summed E-state index contributed by atoms with van der Waals surface area (Å²) in [4.78, 5) is 12.6. The van der Waals surface area contributed by atoms with Crippen molar-refractivity contribution >= 4 is 15.6 Å². The predicted molar refractivity (Wildman–Crippen MR) is 92.7 cm³/mol. The summed E-state index contributed by atoms with van der Waals surface area (Å²) in [5, 5.41) is -0.224. The largest absolute Gasteiger partial charge is 0.381 e. The molecule has 0 bridgehead atoms. The van der Waals surface area contributed by atoms with Gasteiger partial charge in [-0.25, -0.2) is 8.42 Å². The number of allylic oxidation sites excluding steroid dienone is 2. The fourth-order valence-electron chi connectivity index (χ4n) is 2.94. The van der Waals surface area contributed by atoms with Crippen LogP contribution in [0.2, 0.25) is 0 Å². The van der Waals surface area contributed by atoms with Gasteiger partial charge in [0.15, 0.2) is 15.6 Å². The molecule has 4 nitrogen and oxygen atoms in total. The van der Waals surface area contributed by atoms with Crippen molar-refractivity contribution in [3.63, 3.8) is 0 Å². The monoisotopic (exact) mass is 346 g/mol. The van der Waals surface area contributed by atoms with Crippen LogP contribution in [-0.4, -0.2) is 32.7 Å². The average molecular weight is 346 g/mol. The minimum Gasteiger partial charge on any atom is -0.381 e. The highest BCUT2D eigenvalue weighted by atomic mass is 32.2. The summed E-state index contributed by atoms with van der Waals surface area (Å²) in [6.45, 7) is 4.95. The summed E-state index contributed by atoms with van der Waals surface area (Å²) in [7, 11) is -3.20. The van der Waals surface area contributed by atoms with Gasteiger partial charge >= 0.3 is 0 Å². The van der Waals surface area contributed by atoms with Crippen LogP contribution >= 0.6 is 0 Å². The van der Waals surface area contributed by atoms with Gasteiger partial charge in [0.05, 0.1) is 29.3 Å². The Kier molecular flexibility index (Phi) is 5.01. The number of sulfone groups is 1. The average Bonchev–Trinajstić information content (AvgIpc) is 3.46. The smallest absolute Gasteiger partial charge is 0.181 e. The van der Waals surface area contributed by atoms with E-state index in [2.05, 4.69) is 6.58 Å². The number of ether oxygens (including phenoxy) is 1. The standard InChI is InChI=1S/C19H22O4S/c1-2-19(20)18(13-14-9-11-23-12-10-14)15-3-5-16(6-4-15)24(21,22)17-7-8-17/h2-6,13,17-18H,1,7-12H2. The Morgan fingerprint density at radius 2 is 1.79 bits per heavy atom.